The van der Waals surface area contributed by atoms with Gasteiger partial charge >= 0.3 is 0 Å². The molecule has 0 radical (unpaired) electrons. The number of nitrogens with zero attached hydrogens (tertiary/aromatic N) is 3. The summed E-state index contributed by atoms with van der Waals surface area (Å²) in [6, 6.07) is 6.01. The van der Waals surface area contributed by atoms with E-state index in [1.54, 1.807) is 11.3 Å². The molecule has 2 heterocycles. The minimum Gasteiger partial charge on any atom is -0.345 e. The molecule has 4 nitrogen and oxygen atoms in total. The first-order valence-electron chi connectivity index (χ1n) is 7.43. The highest BCUT2D eigenvalue weighted by Crippen LogP contribution is 2.30. The molecule has 2 aromatic heterocycles. The Hall–Kier alpha value is -1.46. The largest absolute Gasteiger partial charge is 0.345 e. The number of thiazole rings is 1. The van der Waals surface area contributed by atoms with Crippen molar-refractivity contribution in [2.75, 3.05) is 18.5 Å². The number of pyridine rings is 1. The number of rotatable bonds is 7. The highest BCUT2D eigenvalue weighted by molar-refractivity contribution is 7.15. The molecule has 0 atom stereocenters. The van der Waals surface area contributed by atoms with Crippen LogP contribution in [0.4, 0.5) is 5.13 Å². The van der Waals surface area contributed by atoms with E-state index < -0.39 is 0 Å². The Balaban J connectivity index is 2.15. The van der Waals surface area contributed by atoms with Gasteiger partial charge in [0.2, 0.25) is 0 Å². The third-order valence-electron chi connectivity index (χ3n) is 3.25. The number of nitrogens with one attached hydrogen (secondary N) is 1. The van der Waals surface area contributed by atoms with E-state index >= 15 is 0 Å². The molecule has 0 amide bonds. The molecule has 2 rings (SSSR count). The van der Waals surface area contributed by atoms with Crippen LogP contribution in [0.2, 0.25) is 0 Å². The lowest BCUT2D eigenvalue weighted by Crippen LogP contribution is -2.16. The minimum absolute atomic E-state index is 0.451. The smallest absolute Gasteiger partial charge is 0.185 e. The average molecular weight is 304 g/mol. The predicted molar refractivity (Wildman–Crippen MR) is 89.9 cm³/mol. The van der Waals surface area contributed by atoms with Gasteiger partial charge in [-0.05, 0) is 24.6 Å². The van der Waals surface area contributed by atoms with Crippen LogP contribution >= 0.6 is 11.3 Å². The summed E-state index contributed by atoms with van der Waals surface area (Å²) in [6.45, 7) is 9.20. The van der Waals surface area contributed by atoms with E-state index in [0.29, 0.717) is 5.92 Å². The van der Waals surface area contributed by atoms with Crippen molar-refractivity contribution >= 4 is 16.5 Å². The van der Waals surface area contributed by atoms with Gasteiger partial charge in [0, 0.05) is 24.7 Å². The van der Waals surface area contributed by atoms with Crippen molar-refractivity contribution in [2.24, 2.45) is 0 Å². The Kier molecular flexibility index (Phi) is 5.70. The number of hydrogen-bond acceptors (Lipinski definition) is 5. The molecule has 0 saturated heterocycles. The molecule has 1 N–H and O–H groups in total. The molecule has 114 valence electrons. The van der Waals surface area contributed by atoms with Crippen molar-refractivity contribution in [3.63, 3.8) is 0 Å². The molecule has 0 saturated carbocycles. The fraction of sp³-hybridized carbons (Fsp3) is 0.500. The van der Waals surface area contributed by atoms with Crippen LogP contribution < -0.4 is 10.2 Å². The zero-order chi connectivity index (χ0) is 15.2. The van der Waals surface area contributed by atoms with Gasteiger partial charge in [-0.3, -0.25) is 4.98 Å². The van der Waals surface area contributed by atoms with Gasteiger partial charge in [0.05, 0.1) is 17.9 Å². The Morgan fingerprint density at radius 1 is 1.33 bits per heavy atom. The Morgan fingerprint density at radius 3 is 2.76 bits per heavy atom. The van der Waals surface area contributed by atoms with Crippen LogP contribution in [0.25, 0.3) is 0 Å². The van der Waals surface area contributed by atoms with Gasteiger partial charge in [0.1, 0.15) is 0 Å². The standard InChI is InChI=1S/C16H24N4S/c1-5-17-10-14-15(12(2)3)19-16(21-14)20(4)11-13-8-6-7-9-18-13/h6-9,12,17H,5,10-11H2,1-4H3. The van der Waals surface area contributed by atoms with Crippen LogP contribution in [0.5, 0.6) is 0 Å². The van der Waals surface area contributed by atoms with Crippen molar-refractivity contribution < 1.29 is 0 Å². The van der Waals surface area contributed by atoms with Crippen LogP contribution in [-0.4, -0.2) is 23.6 Å². The summed E-state index contributed by atoms with van der Waals surface area (Å²) in [5, 5.41) is 4.47. The van der Waals surface area contributed by atoms with E-state index in [4.69, 9.17) is 4.98 Å². The Bertz CT molecular complexity index is 551. The predicted octanol–water partition coefficient (Wildman–Crippen LogP) is 3.41. The van der Waals surface area contributed by atoms with Crippen molar-refractivity contribution in [3.05, 3.63) is 40.7 Å². The first-order valence-corrected chi connectivity index (χ1v) is 8.24. The Labute approximate surface area is 131 Å². The van der Waals surface area contributed by atoms with Gasteiger partial charge in [0.25, 0.3) is 0 Å². The summed E-state index contributed by atoms with van der Waals surface area (Å²) in [4.78, 5) is 12.7. The van der Waals surface area contributed by atoms with E-state index in [1.165, 1.54) is 10.6 Å². The van der Waals surface area contributed by atoms with Gasteiger partial charge in [-0.2, -0.15) is 0 Å². The molecule has 0 spiro atoms. The van der Waals surface area contributed by atoms with Gasteiger partial charge in [-0.25, -0.2) is 4.98 Å². The zero-order valence-corrected chi connectivity index (χ0v) is 14.1. The van der Waals surface area contributed by atoms with Gasteiger partial charge in [-0.15, -0.1) is 11.3 Å². The molecule has 0 aliphatic carbocycles. The SMILES string of the molecule is CCNCc1sc(N(C)Cc2ccccn2)nc1C(C)C. The van der Waals surface area contributed by atoms with Crippen molar-refractivity contribution in [1.82, 2.24) is 15.3 Å². The van der Waals surface area contributed by atoms with Gasteiger partial charge in [-0.1, -0.05) is 26.8 Å². The molecular formula is C16H24N4S. The fourth-order valence-corrected chi connectivity index (χ4v) is 3.28. The lowest BCUT2D eigenvalue weighted by molar-refractivity contribution is 0.713. The van der Waals surface area contributed by atoms with Gasteiger partial charge in [0.15, 0.2) is 5.13 Å². The second-order valence-corrected chi connectivity index (χ2v) is 6.48. The Morgan fingerprint density at radius 2 is 2.14 bits per heavy atom. The summed E-state index contributed by atoms with van der Waals surface area (Å²) < 4.78 is 0. The monoisotopic (exact) mass is 304 g/mol. The molecular weight excluding hydrogens is 280 g/mol. The van der Waals surface area contributed by atoms with E-state index in [2.05, 4.69) is 43.0 Å². The van der Waals surface area contributed by atoms with Crippen LogP contribution in [0.15, 0.2) is 24.4 Å². The maximum Gasteiger partial charge on any atom is 0.185 e. The average Bonchev–Trinajstić information content (AvgIpc) is 2.90. The summed E-state index contributed by atoms with van der Waals surface area (Å²) in [6.07, 6.45) is 1.83. The minimum atomic E-state index is 0.451. The summed E-state index contributed by atoms with van der Waals surface area (Å²) in [5.41, 5.74) is 2.28. The fourth-order valence-electron chi connectivity index (χ4n) is 2.13. The molecule has 0 fully saturated rings. The third kappa shape index (κ3) is 4.25. The summed E-state index contributed by atoms with van der Waals surface area (Å²) in [7, 11) is 2.08. The van der Waals surface area contributed by atoms with Crippen molar-refractivity contribution in [3.8, 4) is 0 Å². The first kappa shape index (κ1) is 15.9. The molecule has 5 heteroatoms. The van der Waals surface area contributed by atoms with E-state index in [9.17, 15) is 0 Å². The lowest BCUT2D eigenvalue weighted by Gasteiger charge is -2.14. The number of anilines is 1. The topological polar surface area (TPSA) is 41.0 Å². The maximum absolute atomic E-state index is 4.84. The normalized spacial score (nSPS) is 11.1. The van der Waals surface area contributed by atoms with Gasteiger partial charge < -0.3 is 10.2 Å². The second-order valence-electron chi connectivity index (χ2n) is 5.42. The van der Waals surface area contributed by atoms with Crippen LogP contribution in [-0.2, 0) is 13.1 Å². The lowest BCUT2D eigenvalue weighted by atomic mass is 10.1. The molecule has 0 unspecified atom stereocenters. The molecule has 0 bridgehead atoms. The number of hydrogen-bond donors (Lipinski definition) is 1. The highest BCUT2D eigenvalue weighted by Gasteiger charge is 2.16. The molecule has 2 aromatic rings. The van der Waals surface area contributed by atoms with Crippen molar-refractivity contribution in [1.29, 1.82) is 0 Å². The molecule has 0 aliphatic heterocycles. The van der Waals surface area contributed by atoms with Crippen LogP contribution in [0.3, 0.4) is 0 Å². The molecule has 0 aromatic carbocycles. The summed E-state index contributed by atoms with van der Waals surface area (Å²) in [5.74, 6) is 0.451. The van der Waals surface area contributed by atoms with Crippen LogP contribution in [0.1, 0.15) is 43.0 Å². The molecule has 0 aliphatic rings. The van der Waals surface area contributed by atoms with Crippen molar-refractivity contribution in [2.45, 2.75) is 39.8 Å². The van der Waals surface area contributed by atoms with E-state index in [-0.39, 0.29) is 0 Å². The highest BCUT2D eigenvalue weighted by atomic mass is 32.1. The third-order valence-corrected chi connectivity index (χ3v) is 4.44. The second kappa shape index (κ2) is 7.52. The molecule has 21 heavy (non-hydrogen) atoms. The zero-order valence-electron chi connectivity index (χ0n) is 13.3. The van der Waals surface area contributed by atoms with E-state index in [1.807, 2.05) is 24.4 Å². The summed E-state index contributed by atoms with van der Waals surface area (Å²) >= 11 is 1.78. The quantitative estimate of drug-likeness (QED) is 0.851. The first-order chi connectivity index (χ1) is 10.1. The van der Waals surface area contributed by atoms with Crippen LogP contribution in [0, 0.1) is 0 Å². The van der Waals surface area contributed by atoms with E-state index in [0.717, 1.165) is 30.5 Å². The number of aromatic nitrogens is 2. The maximum atomic E-state index is 4.84.